The molecule has 16 heavy (non-hydrogen) atoms. The van der Waals surface area contributed by atoms with Gasteiger partial charge in [-0.25, -0.2) is 4.79 Å². The Morgan fingerprint density at radius 2 is 1.75 bits per heavy atom. The first-order valence-electron chi connectivity index (χ1n) is 5.23. The van der Waals surface area contributed by atoms with E-state index in [-0.39, 0.29) is 5.41 Å². The molecule has 86 valence electrons. The molecule has 0 aliphatic rings. The van der Waals surface area contributed by atoms with Crippen molar-refractivity contribution in [2.45, 2.75) is 27.7 Å². The molecule has 0 aliphatic heterocycles. The van der Waals surface area contributed by atoms with E-state index < -0.39 is 5.97 Å². The Morgan fingerprint density at radius 3 is 2.19 bits per heavy atom. The van der Waals surface area contributed by atoms with E-state index in [2.05, 4.69) is 5.16 Å². The quantitative estimate of drug-likeness (QED) is 0.435. The van der Waals surface area contributed by atoms with Crippen molar-refractivity contribution in [3.63, 3.8) is 0 Å². The van der Waals surface area contributed by atoms with Crippen LogP contribution < -0.4 is 0 Å². The number of carbonyl (C=O) groups excluding carboxylic acids is 1. The molecule has 0 heterocycles. The molecule has 1 aromatic rings. The average molecular weight is 219 g/mol. The van der Waals surface area contributed by atoms with Crippen LogP contribution in [0.5, 0.6) is 0 Å². The first-order valence-corrected chi connectivity index (χ1v) is 5.23. The van der Waals surface area contributed by atoms with Crippen molar-refractivity contribution in [2.75, 3.05) is 0 Å². The van der Waals surface area contributed by atoms with Crippen LogP contribution in [-0.4, -0.2) is 11.7 Å². The van der Waals surface area contributed by atoms with Gasteiger partial charge in [0.05, 0.1) is 5.71 Å². The maximum absolute atomic E-state index is 10.8. The predicted molar refractivity (Wildman–Crippen MR) is 64.2 cm³/mol. The van der Waals surface area contributed by atoms with Crippen molar-refractivity contribution in [2.24, 2.45) is 10.6 Å². The fraction of sp³-hybridized carbons (Fsp3) is 0.385. The van der Waals surface area contributed by atoms with E-state index in [0.29, 0.717) is 0 Å². The molecular weight excluding hydrogens is 202 g/mol. The van der Waals surface area contributed by atoms with Gasteiger partial charge in [-0.15, -0.1) is 0 Å². The van der Waals surface area contributed by atoms with Crippen LogP contribution in [0.1, 0.15) is 33.3 Å². The molecule has 0 unspecified atom stereocenters. The molecule has 0 bridgehead atoms. The first-order chi connectivity index (χ1) is 7.41. The summed E-state index contributed by atoms with van der Waals surface area (Å²) in [5, 5.41) is 3.93. The molecule has 1 rings (SSSR count). The molecular formula is C13H17NO2. The Bertz CT molecular complexity index is 388. The standard InChI is InChI=1S/C13H17NO2/c1-10(15)16-14-12(13(2,3)4)11-8-6-5-7-9-11/h5-9H,1-4H3. The molecule has 1 aromatic carbocycles. The Kier molecular flexibility index (Phi) is 3.82. The predicted octanol–water partition coefficient (Wildman–Crippen LogP) is 3.00. The van der Waals surface area contributed by atoms with Crippen LogP contribution in [0, 0.1) is 5.41 Å². The average Bonchev–Trinajstić information content (AvgIpc) is 2.17. The third-order valence-corrected chi connectivity index (χ3v) is 2.02. The highest BCUT2D eigenvalue weighted by molar-refractivity contribution is 6.04. The lowest BCUT2D eigenvalue weighted by atomic mass is 9.86. The van der Waals surface area contributed by atoms with E-state index in [0.717, 1.165) is 11.3 Å². The topological polar surface area (TPSA) is 38.7 Å². The first kappa shape index (κ1) is 12.4. The highest BCUT2D eigenvalue weighted by Crippen LogP contribution is 2.22. The van der Waals surface area contributed by atoms with Gasteiger partial charge in [-0.3, -0.25) is 0 Å². The highest BCUT2D eigenvalue weighted by atomic mass is 16.7. The highest BCUT2D eigenvalue weighted by Gasteiger charge is 2.21. The normalized spacial score (nSPS) is 12.4. The molecule has 0 N–H and O–H groups in total. The van der Waals surface area contributed by atoms with E-state index in [4.69, 9.17) is 4.84 Å². The van der Waals surface area contributed by atoms with Crippen LogP contribution in [-0.2, 0) is 9.63 Å². The van der Waals surface area contributed by atoms with Crippen molar-refractivity contribution in [1.29, 1.82) is 0 Å². The third kappa shape index (κ3) is 3.50. The van der Waals surface area contributed by atoms with Crippen molar-refractivity contribution in [3.05, 3.63) is 35.9 Å². The van der Waals surface area contributed by atoms with Gasteiger partial charge in [-0.1, -0.05) is 56.3 Å². The van der Waals surface area contributed by atoms with Crippen LogP contribution in [0.3, 0.4) is 0 Å². The second kappa shape index (κ2) is 4.92. The molecule has 0 radical (unpaired) electrons. The van der Waals surface area contributed by atoms with E-state index in [1.165, 1.54) is 6.92 Å². The lowest BCUT2D eigenvalue weighted by Crippen LogP contribution is -2.22. The molecule has 0 saturated heterocycles. The minimum absolute atomic E-state index is 0.170. The van der Waals surface area contributed by atoms with Crippen molar-refractivity contribution < 1.29 is 9.63 Å². The number of carbonyl (C=O) groups is 1. The van der Waals surface area contributed by atoms with Gasteiger partial charge in [-0.2, -0.15) is 0 Å². The summed E-state index contributed by atoms with van der Waals surface area (Å²) in [7, 11) is 0. The smallest absolute Gasteiger partial charge is 0.318 e. The zero-order valence-corrected chi connectivity index (χ0v) is 10.2. The number of rotatable bonds is 2. The van der Waals surface area contributed by atoms with E-state index in [1.54, 1.807) is 0 Å². The van der Waals surface area contributed by atoms with Crippen molar-refractivity contribution in [3.8, 4) is 0 Å². The van der Waals surface area contributed by atoms with Crippen molar-refractivity contribution >= 4 is 11.7 Å². The summed E-state index contributed by atoms with van der Waals surface area (Å²) in [5.74, 6) is -0.405. The minimum Gasteiger partial charge on any atom is -0.318 e. The largest absolute Gasteiger partial charge is 0.331 e. The fourth-order valence-corrected chi connectivity index (χ4v) is 1.33. The van der Waals surface area contributed by atoms with E-state index >= 15 is 0 Å². The zero-order valence-electron chi connectivity index (χ0n) is 10.2. The van der Waals surface area contributed by atoms with Crippen LogP contribution in [0.25, 0.3) is 0 Å². The monoisotopic (exact) mass is 219 g/mol. The van der Waals surface area contributed by atoms with Gasteiger partial charge >= 0.3 is 5.97 Å². The van der Waals surface area contributed by atoms with Gasteiger partial charge < -0.3 is 4.84 Å². The Balaban J connectivity index is 3.07. The number of nitrogens with zero attached hydrogens (tertiary/aromatic N) is 1. The van der Waals surface area contributed by atoms with Crippen LogP contribution in [0.15, 0.2) is 35.5 Å². The van der Waals surface area contributed by atoms with Gasteiger partial charge in [0.25, 0.3) is 0 Å². The lowest BCUT2D eigenvalue weighted by Gasteiger charge is -2.20. The fourth-order valence-electron chi connectivity index (χ4n) is 1.33. The summed E-state index contributed by atoms with van der Waals surface area (Å²) >= 11 is 0. The lowest BCUT2D eigenvalue weighted by molar-refractivity contribution is -0.141. The minimum atomic E-state index is -0.405. The number of hydrogen-bond donors (Lipinski definition) is 0. The Hall–Kier alpha value is -1.64. The molecule has 3 heteroatoms. The van der Waals surface area contributed by atoms with Gasteiger partial charge in [0.2, 0.25) is 0 Å². The zero-order chi connectivity index (χ0) is 12.2. The molecule has 0 saturated carbocycles. The van der Waals surface area contributed by atoms with Crippen LogP contribution in [0.2, 0.25) is 0 Å². The van der Waals surface area contributed by atoms with Gasteiger partial charge in [0.15, 0.2) is 0 Å². The summed E-state index contributed by atoms with van der Waals surface area (Å²) in [6, 6.07) is 9.71. The second-order valence-electron chi connectivity index (χ2n) is 4.64. The van der Waals surface area contributed by atoms with Crippen molar-refractivity contribution in [1.82, 2.24) is 0 Å². The molecule has 3 nitrogen and oxygen atoms in total. The van der Waals surface area contributed by atoms with Gasteiger partial charge in [-0.05, 0) is 5.56 Å². The summed E-state index contributed by atoms with van der Waals surface area (Å²) in [6.07, 6.45) is 0. The molecule has 0 atom stereocenters. The summed E-state index contributed by atoms with van der Waals surface area (Å²) < 4.78 is 0. The molecule has 0 aromatic heterocycles. The van der Waals surface area contributed by atoms with Gasteiger partial charge in [0, 0.05) is 12.3 Å². The van der Waals surface area contributed by atoms with E-state index in [9.17, 15) is 4.79 Å². The summed E-state index contributed by atoms with van der Waals surface area (Å²) in [5.41, 5.74) is 1.57. The second-order valence-corrected chi connectivity index (χ2v) is 4.64. The Morgan fingerprint density at radius 1 is 1.19 bits per heavy atom. The van der Waals surface area contributed by atoms with Crippen LogP contribution in [0.4, 0.5) is 0 Å². The third-order valence-electron chi connectivity index (χ3n) is 2.02. The molecule has 0 aliphatic carbocycles. The summed E-state index contributed by atoms with van der Waals surface area (Å²) in [6.45, 7) is 7.43. The molecule has 0 amide bonds. The SMILES string of the molecule is CC(=O)ON=C(c1ccccc1)C(C)(C)C. The number of hydrogen-bond acceptors (Lipinski definition) is 3. The maximum atomic E-state index is 10.8. The number of oxime groups is 1. The Labute approximate surface area is 96.1 Å². The molecule has 0 spiro atoms. The number of benzene rings is 1. The van der Waals surface area contributed by atoms with Gasteiger partial charge in [0.1, 0.15) is 0 Å². The van der Waals surface area contributed by atoms with Crippen LogP contribution >= 0.6 is 0 Å². The molecule has 0 fully saturated rings. The maximum Gasteiger partial charge on any atom is 0.331 e. The van der Waals surface area contributed by atoms with E-state index in [1.807, 2.05) is 51.1 Å². The summed E-state index contributed by atoms with van der Waals surface area (Å²) in [4.78, 5) is 15.5.